The molecule has 0 bridgehead atoms. The fourth-order valence-electron chi connectivity index (χ4n) is 2.66. The lowest BCUT2D eigenvalue weighted by atomic mass is 9.94. The summed E-state index contributed by atoms with van der Waals surface area (Å²) in [7, 11) is 0. The van der Waals surface area contributed by atoms with Crippen molar-refractivity contribution in [2.24, 2.45) is 0 Å². The predicted octanol–water partition coefficient (Wildman–Crippen LogP) is 1.26. The van der Waals surface area contributed by atoms with Gasteiger partial charge in [0.25, 0.3) is 0 Å². The summed E-state index contributed by atoms with van der Waals surface area (Å²) in [5, 5.41) is 10.4. The standard InChI is InChI=1S/C15H19N5O.ClH/c1-11(20-10-16-9-19-20)15(21)18-8-14-13-5-3-2-4-12(13)6-7-17-14;/h2-5,9-11,14,17H,6-8H2,1H3,(H,18,21);1H. The van der Waals surface area contributed by atoms with Crippen molar-refractivity contribution in [2.45, 2.75) is 25.4 Å². The molecule has 2 unspecified atom stereocenters. The minimum atomic E-state index is -0.355. The van der Waals surface area contributed by atoms with E-state index in [1.165, 1.54) is 17.5 Å². The summed E-state index contributed by atoms with van der Waals surface area (Å²) in [6.07, 6.45) is 4.02. The summed E-state index contributed by atoms with van der Waals surface area (Å²) in [6.45, 7) is 3.33. The molecule has 0 spiro atoms. The van der Waals surface area contributed by atoms with Crippen LogP contribution in [0.3, 0.4) is 0 Å². The van der Waals surface area contributed by atoms with Crippen LogP contribution in [0.5, 0.6) is 0 Å². The minimum Gasteiger partial charge on any atom is -0.352 e. The Balaban J connectivity index is 0.00000176. The summed E-state index contributed by atoms with van der Waals surface area (Å²) in [6, 6.07) is 8.20. The Morgan fingerprint density at radius 3 is 3.09 bits per heavy atom. The van der Waals surface area contributed by atoms with Crippen LogP contribution in [0.15, 0.2) is 36.9 Å². The van der Waals surface area contributed by atoms with Crippen molar-refractivity contribution in [3.05, 3.63) is 48.0 Å². The third-order valence-electron chi connectivity index (χ3n) is 3.91. The molecule has 0 fully saturated rings. The zero-order valence-electron chi connectivity index (χ0n) is 12.4. The van der Waals surface area contributed by atoms with Gasteiger partial charge in [-0.3, -0.25) is 4.79 Å². The van der Waals surface area contributed by atoms with E-state index in [2.05, 4.69) is 38.9 Å². The lowest BCUT2D eigenvalue weighted by Gasteiger charge is -2.27. The number of halogens is 1. The van der Waals surface area contributed by atoms with Crippen molar-refractivity contribution in [3.8, 4) is 0 Å². The van der Waals surface area contributed by atoms with E-state index < -0.39 is 0 Å². The van der Waals surface area contributed by atoms with Gasteiger partial charge in [-0.15, -0.1) is 12.4 Å². The van der Waals surface area contributed by atoms with Gasteiger partial charge in [0, 0.05) is 12.6 Å². The Morgan fingerprint density at radius 2 is 2.32 bits per heavy atom. The third kappa shape index (κ3) is 3.45. The van der Waals surface area contributed by atoms with Crippen LogP contribution in [0, 0.1) is 0 Å². The van der Waals surface area contributed by atoms with Crippen LogP contribution in [0.2, 0.25) is 0 Å². The van der Waals surface area contributed by atoms with Crippen LogP contribution >= 0.6 is 12.4 Å². The Labute approximate surface area is 135 Å². The van der Waals surface area contributed by atoms with Gasteiger partial charge in [-0.1, -0.05) is 24.3 Å². The number of aromatic nitrogens is 3. The molecule has 0 saturated heterocycles. The zero-order chi connectivity index (χ0) is 14.7. The number of nitrogens with one attached hydrogen (secondary N) is 2. The van der Waals surface area contributed by atoms with Crippen LogP contribution in [-0.4, -0.2) is 33.8 Å². The first-order valence-corrected chi connectivity index (χ1v) is 7.18. The summed E-state index contributed by atoms with van der Waals surface area (Å²) >= 11 is 0. The summed E-state index contributed by atoms with van der Waals surface area (Å²) < 4.78 is 1.55. The monoisotopic (exact) mass is 321 g/mol. The quantitative estimate of drug-likeness (QED) is 0.889. The number of amides is 1. The first-order chi connectivity index (χ1) is 10.3. The van der Waals surface area contributed by atoms with Gasteiger partial charge >= 0.3 is 0 Å². The second kappa shape index (κ2) is 7.38. The highest BCUT2D eigenvalue weighted by Gasteiger charge is 2.21. The summed E-state index contributed by atoms with van der Waals surface area (Å²) in [4.78, 5) is 16.0. The molecule has 2 aromatic rings. The molecule has 1 aliphatic rings. The SMILES string of the molecule is CC(C(=O)NCC1NCCc2ccccc21)n1cncn1.Cl. The molecular weight excluding hydrogens is 302 g/mol. The fraction of sp³-hybridized carbons (Fsp3) is 0.400. The van der Waals surface area contributed by atoms with Crippen molar-refractivity contribution in [2.75, 3.05) is 13.1 Å². The second-order valence-electron chi connectivity index (χ2n) is 5.25. The topological polar surface area (TPSA) is 71.8 Å². The molecule has 118 valence electrons. The molecule has 2 heterocycles. The molecule has 1 aromatic heterocycles. The molecule has 2 atom stereocenters. The van der Waals surface area contributed by atoms with Gasteiger partial charge in [0.1, 0.15) is 18.7 Å². The smallest absolute Gasteiger partial charge is 0.244 e. The largest absolute Gasteiger partial charge is 0.352 e. The number of fused-ring (bicyclic) bond motifs is 1. The molecule has 22 heavy (non-hydrogen) atoms. The maximum Gasteiger partial charge on any atom is 0.244 e. The van der Waals surface area contributed by atoms with Crippen LogP contribution in [0.25, 0.3) is 0 Å². The van der Waals surface area contributed by atoms with Crippen molar-refractivity contribution in [1.82, 2.24) is 25.4 Å². The number of hydrogen-bond donors (Lipinski definition) is 2. The second-order valence-corrected chi connectivity index (χ2v) is 5.25. The summed E-state index contributed by atoms with van der Waals surface area (Å²) in [5.74, 6) is -0.0506. The number of nitrogens with zero attached hydrogens (tertiary/aromatic N) is 3. The van der Waals surface area contributed by atoms with E-state index in [0.29, 0.717) is 6.54 Å². The van der Waals surface area contributed by atoms with Crippen molar-refractivity contribution < 1.29 is 4.79 Å². The maximum atomic E-state index is 12.2. The number of carbonyl (C=O) groups is 1. The van der Waals surface area contributed by atoms with Gasteiger partial charge in [0.15, 0.2) is 0 Å². The van der Waals surface area contributed by atoms with Gasteiger partial charge in [-0.05, 0) is 31.0 Å². The van der Waals surface area contributed by atoms with E-state index in [9.17, 15) is 4.79 Å². The number of rotatable bonds is 4. The molecule has 6 nitrogen and oxygen atoms in total. The maximum absolute atomic E-state index is 12.2. The minimum absolute atomic E-state index is 0. The van der Waals surface area contributed by atoms with E-state index >= 15 is 0 Å². The Morgan fingerprint density at radius 1 is 1.50 bits per heavy atom. The first-order valence-electron chi connectivity index (χ1n) is 7.18. The van der Waals surface area contributed by atoms with Crippen molar-refractivity contribution in [3.63, 3.8) is 0 Å². The Bertz CT molecular complexity index is 616. The molecular formula is C15H20ClN5O. The van der Waals surface area contributed by atoms with Gasteiger partial charge in [0.05, 0.1) is 0 Å². The van der Waals surface area contributed by atoms with E-state index in [0.717, 1.165) is 13.0 Å². The average molecular weight is 322 g/mol. The van der Waals surface area contributed by atoms with Crippen LogP contribution in [0.4, 0.5) is 0 Å². The lowest BCUT2D eigenvalue weighted by Crippen LogP contribution is -2.40. The van der Waals surface area contributed by atoms with Gasteiger partial charge in [-0.25, -0.2) is 9.67 Å². The first kappa shape index (κ1) is 16.5. The van der Waals surface area contributed by atoms with E-state index in [1.54, 1.807) is 11.0 Å². The normalized spacial score (nSPS) is 18.0. The Hall–Kier alpha value is -1.92. The van der Waals surface area contributed by atoms with Gasteiger partial charge < -0.3 is 10.6 Å². The highest BCUT2D eigenvalue weighted by atomic mass is 35.5. The van der Waals surface area contributed by atoms with Crippen molar-refractivity contribution >= 4 is 18.3 Å². The van der Waals surface area contributed by atoms with E-state index in [4.69, 9.17) is 0 Å². The highest BCUT2D eigenvalue weighted by molar-refractivity contribution is 5.85. The molecule has 7 heteroatoms. The number of hydrogen-bond acceptors (Lipinski definition) is 4. The lowest BCUT2D eigenvalue weighted by molar-refractivity contribution is -0.124. The van der Waals surface area contributed by atoms with E-state index in [1.807, 2.05) is 13.0 Å². The third-order valence-corrected chi connectivity index (χ3v) is 3.91. The molecule has 1 aliphatic heterocycles. The molecule has 1 amide bonds. The van der Waals surface area contributed by atoms with Crippen LogP contribution < -0.4 is 10.6 Å². The molecule has 0 aliphatic carbocycles. The van der Waals surface area contributed by atoms with Crippen LogP contribution in [-0.2, 0) is 11.2 Å². The zero-order valence-corrected chi connectivity index (χ0v) is 13.2. The molecule has 3 rings (SSSR count). The number of benzene rings is 1. The number of carbonyl (C=O) groups excluding carboxylic acids is 1. The van der Waals surface area contributed by atoms with E-state index in [-0.39, 0.29) is 30.4 Å². The summed E-state index contributed by atoms with van der Waals surface area (Å²) in [5.41, 5.74) is 2.64. The molecule has 2 N–H and O–H groups in total. The molecule has 0 saturated carbocycles. The average Bonchev–Trinajstić information content (AvgIpc) is 3.06. The molecule has 0 radical (unpaired) electrons. The van der Waals surface area contributed by atoms with Gasteiger partial charge in [0.2, 0.25) is 5.91 Å². The highest BCUT2D eigenvalue weighted by Crippen LogP contribution is 2.21. The fourth-order valence-corrected chi connectivity index (χ4v) is 2.66. The van der Waals surface area contributed by atoms with Gasteiger partial charge in [-0.2, -0.15) is 5.10 Å². The van der Waals surface area contributed by atoms with Crippen LogP contribution in [0.1, 0.15) is 30.1 Å². The van der Waals surface area contributed by atoms with Crippen molar-refractivity contribution in [1.29, 1.82) is 0 Å². The Kier molecular flexibility index (Phi) is 5.51. The molecule has 1 aromatic carbocycles. The predicted molar refractivity (Wildman–Crippen MR) is 85.9 cm³/mol.